The molecule has 2 rings (SSSR count). The maximum absolute atomic E-state index is 12.3. The van der Waals surface area contributed by atoms with Crippen LogP contribution in [0.4, 0.5) is 0 Å². The Hall–Kier alpha value is -0.610. The number of rotatable bonds is 8. The first kappa shape index (κ1) is 16.8. The van der Waals surface area contributed by atoms with Crippen molar-refractivity contribution >= 4 is 5.91 Å². The lowest BCUT2D eigenvalue weighted by Crippen LogP contribution is -2.49. The molecule has 0 aromatic carbocycles. The van der Waals surface area contributed by atoms with Crippen LogP contribution in [-0.4, -0.2) is 55.0 Å². The van der Waals surface area contributed by atoms with Crippen molar-refractivity contribution in [2.45, 2.75) is 46.0 Å². The van der Waals surface area contributed by atoms with Gasteiger partial charge in [0.05, 0.1) is 0 Å². The van der Waals surface area contributed by atoms with Crippen molar-refractivity contribution in [3.8, 4) is 0 Å². The van der Waals surface area contributed by atoms with E-state index in [1.165, 1.54) is 19.4 Å². The minimum atomic E-state index is 0.351. The molecule has 1 atom stereocenters. The number of nitrogens with zero attached hydrogens (tertiary/aromatic N) is 2. The summed E-state index contributed by atoms with van der Waals surface area (Å²) in [6, 6.07) is 0. The van der Waals surface area contributed by atoms with Crippen LogP contribution in [0.3, 0.4) is 0 Å². The first-order valence-corrected chi connectivity index (χ1v) is 8.80. The molecule has 1 saturated carbocycles. The van der Waals surface area contributed by atoms with E-state index in [1.807, 2.05) is 0 Å². The summed E-state index contributed by atoms with van der Waals surface area (Å²) in [6.07, 6.45) is 5.56. The minimum Gasteiger partial charge on any atom is -0.340 e. The van der Waals surface area contributed by atoms with Crippen molar-refractivity contribution in [1.29, 1.82) is 0 Å². The topological polar surface area (TPSA) is 49.6 Å². The molecule has 1 unspecified atom stereocenters. The molecule has 0 bridgehead atoms. The Kier molecular flexibility index (Phi) is 6.49. The lowest BCUT2D eigenvalue weighted by Gasteiger charge is -2.35. The molecule has 0 spiro atoms. The molecule has 1 aliphatic heterocycles. The lowest BCUT2D eigenvalue weighted by molar-refractivity contribution is -0.133. The molecule has 4 heteroatoms. The summed E-state index contributed by atoms with van der Waals surface area (Å²) in [5.41, 5.74) is 5.68. The summed E-state index contributed by atoms with van der Waals surface area (Å²) in [6.45, 7) is 10.5. The van der Waals surface area contributed by atoms with Gasteiger partial charge in [0, 0.05) is 39.1 Å². The Morgan fingerprint density at radius 2 is 1.81 bits per heavy atom. The quantitative estimate of drug-likeness (QED) is 0.744. The maximum atomic E-state index is 12.3. The van der Waals surface area contributed by atoms with Crippen molar-refractivity contribution < 1.29 is 4.79 Å². The Labute approximate surface area is 130 Å². The fourth-order valence-corrected chi connectivity index (χ4v) is 3.34. The van der Waals surface area contributed by atoms with Crippen molar-refractivity contribution in [3.63, 3.8) is 0 Å². The molecular formula is C17H33N3O. The third-order valence-corrected chi connectivity index (χ3v) is 5.15. The van der Waals surface area contributed by atoms with E-state index in [9.17, 15) is 4.79 Å². The van der Waals surface area contributed by atoms with Crippen LogP contribution in [-0.2, 0) is 4.79 Å². The van der Waals surface area contributed by atoms with E-state index < -0.39 is 0 Å². The van der Waals surface area contributed by atoms with Gasteiger partial charge >= 0.3 is 0 Å². The van der Waals surface area contributed by atoms with Gasteiger partial charge in [0.1, 0.15) is 0 Å². The molecule has 0 aromatic heterocycles. The van der Waals surface area contributed by atoms with Crippen molar-refractivity contribution in [2.75, 3.05) is 39.3 Å². The second-order valence-corrected chi connectivity index (χ2v) is 7.24. The van der Waals surface area contributed by atoms with Crippen LogP contribution in [0.15, 0.2) is 0 Å². The third kappa shape index (κ3) is 5.59. The number of carbonyl (C=O) groups excluding carboxylic acids is 1. The van der Waals surface area contributed by atoms with Gasteiger partial charge in [-0.05, 0) is 50.0 Å². The minimum absolute atomic E-state index is 0.351. The number of nitrogens with two attached hydrogens (primary N) is 1. The Bertz CT molecular complexity index is 320. The number of carbonyl (C=O) groups is 1. The van der Waals surface area contributed by atoms with E-state index in [0.29, 0.717) is 24.2 Å². The molecule has 2 aliphatic rings. The van der Waals surface area contributed by atoms with E-state index >= 15 is 0 Å². The zero-order chi connectivity index (χ0) is 15.2. The molecule has 2 N–H and O–H groups in total. The highest BCUT2D eigenvalue weighted by atomic mass is 16.2. The predicted molar refractivity (Wildman–Crippen MR) is 87.0 cm³/mol. The van der Waals surface area contributed by atoms with Gasteiger partial charge in [0.15, 0.2) is 0 Å². The van der Waals surface area contributed by atoms with Crippen LogP contribution in [0.2, 0.25) is 0 Å². The van der Waals surface area contributed by atoms with Gasteiger partial charge in [0.25, 0.3) is 0 Å². The van der Waals surface area contributed by atoms with Gasteiger partial charge in [-0.15, -0.1) is 0 Å². The van der Waals surface area contributed by atoms with Crippen LogP contribution in [0.25, 0.3) is 0 Å². The van der Waals surface area contributed by atoms with Crippen LogP contribution in [0.1, 0.15) is 46.0 Å². The zero-order valence-electron chi connectivity index (χ0n) is 13.9. The predicted octanol–water partition coefficient (Wildman–Crippen LogP) is 1.94. The normalized spacial score (nSPS) is 21.8. The smallest absolute Gasteiger partial charge is 0.222 e. The average molecular weight is 295 g/mol. The molecule has 0 aromatic rings. The fraction of sp³-hybridized carbons (Fsp3) is 0.941. The molecule has 4 nitrogen and oxygen atoms in total. The van der Waals surface area contributed by atoms with E-state index in [0.717, 1.165) is 51.5 Å². The van der Waals surface area contributed by atoms with Gasteiger partial charge in [-0.25, -0.2) is 0 Å². The Morgan fingerprint density at radius 1 is 1.14 bits per heavy atom. The highest BCUT2D eigenvalue weighted by molar-refractivity contribution is 5.76. The Balaban J connectivity index is 1.66. The molecule has 21 heavy (non-hydrogen) atoms. The van der Waals surface area contributed by atoms with Crippen LogP contribution in [0, 0.1) is 17.8 Å². The molecular weight excluding hydrogens is 262 g/mol. The molecule has 1 saturated heterocycles. The monoisotopic (exact) mass is 295 g/mol. The SMILES string of the molecule is CC(C)C(CCN)CCC(=O)N1CCN(CC2CC2)CC1. The van der Waals surface area contributed by atoms with Gasteiger partial charge in [0.2, 0.25) is 5.91 Å². The Morgan fingerprint density at radius 3 is 2.33 bits per heavy atom. The van der Waals surface area contributed by atoms with Gasteiger partial charge in [-0.3, -0.25) is 9.69 Å². The second kappa shape index (κ2) is 8.14. The molecule has 122 valence electrons. The van der Waals surface area contributed by atoms with Gasteiger partial charge in [-0.2, -0.15) is 0 Å². The zero-order valence-corrected chi connectivity index (χ0v) is 13.9. The van der Waals surface area contributed by atoms with Gasteiger partial charge < -0.3 is 10.6 Å². The summed E-state index contributed by atoms with van der Waals surface area (Å²) >= 11 is 0. The summed E-state index contributed by atoms with van der Waals surface area (Å²) < 4.78 is 0. The summed E-state index contributed by atoms with van der Waals surface area (Å²) in [7, 11) is 0. The first-order chi connectivity index (χ1) is 10.1. The van der Waals surface area contributed by atoms with Crippen molar-refractivity contribution in [2.24, 2.45) is 23.5 Å². The highest BCUT2D eigenvalue weighted by Crippen LogP contribution is 2.30. The average Bonchev–Trinajstić information content (AvgIpc) is 3.27. The lowest BCUT2D eigenvalue weighted by atomic mass is 9.88. The van der Waals surface area contributed by atoms with Crippen molar-refractivity contribution in [1.82, 2.24) is 9.80 Å². The van der Waals surface area contributed by atoms with Crippen LogP contribution < -0.4 is 5.73 Å². The molecule has 1 aliphatic carbocycles. The maximum Gasteiger partial charge on any atom is 0.222 e. The highest BCUT2D eigenvalue weighted by Gasteiger charge is 2.27. The summed E-state index contributed by atoms with van der Waals surface area (Å²) in [4.78, 5) is 17.0. The molecule has 1 amide bonds. The largest absolute Gasteiger partial charge is 0.340 e. The third-order valence-electron chi connectivity index (χ3n) is 5.15. The van der Waals surface area contributed by atoms with E-state index in [2.05, 4.69) is 23.6 Å². The van der Waals surface area contributed by atoms with E-state index in [-0.39, 0.29) is 0 Å². The first-order valence-electron chi connectivity index (χ1n) is 8.80. The van der Waals surface area contributed by atoms with Crippen LogP contribution in [0.5, 0.6) is 0 Å². The van der Waals surface area contributed by atoms with E-state index in [4.69, 9.17) is 5.73 Å². The number of hydrogen-bond donors (Lipinski definition) is 1. The number of amides is 1. The van der Waals surface area contributed by atoms with Crippen molar-refractivity contribution in [3.05, 3.63) is 0 Å². The number of hydrogen-bond acceptors (Lipinski definition) is 3. The molecule has 1 heterocycles. The number of piperazine rings is 1. The summed E-state index contributed by atoms with van der Waals surface area (Å²) in [5, 5.41) is 0. The van der Waals surface area contributed by atoms with E-state index in [1.54, 1.807) is 0 Å². The van der Waals surface area contributed by atoms with Gasteiger partial charge in [-0.1, -0.05) is 13.8 Å². The fourth-order valence-electron chi connectivity index (χ4n) is 3.34. The van der Waals surface area contributed by atoms with Crippen LogP contribution >= 0.6 is 0 Å². The molecule has 2 fully saturated rings. The molecule has 0 radical (unpaired) electrons. The summed E-state index contributed by atoms with van der Waals surface area (Å²) in [5.74, 6) is 2.52. The second-order valence-electron chi connectivity index (χ2n) is 7.24. The standard InChI is InChI=1S/C17H33N3O/c1-14(2)16(7-8-18)5-6-17(21)20-11-9-19(10-12-20)13-15-3-4-15/h14-16H,3-13,18H2,1-2H3.